The molecule has 0 aromatic heterocycles. The standard InChI is InChI=1S/C21H27ClN2O5S/c1-5-7-12-29-18-11-8-15(13-19(18)28-6-2)21(25)23-16-9-10-17(22)20(14-16)30(26,27)24(3)4/h8-11,13-14H,5-7,12H2,1-4H3,(H,23,25). The molecule has 2 rings (SSSR count). The average molecular weight is 455 g/mol. The van der Waals surface area contributed by atoms with Crippen LogP contribution in [-0.4, -0.2) is 45.9 Å². The second kappa shape index (κ2) is 10.7. The molecule has 9 heteroatoms. The summed E-state index contributed by atoms with van der Waals surface area (Å²) in [4.78, 5) is 12.6. The summed E-state index contributed by atoms with van der Waals surface area (Å²) in [6.45, 7) is 4.92. The van der Waals surface area contributed by atoms with Gasteiger partial charge >= 0.3 is 0 Å². The van der Waals surface area contributed by atoms with Crippen LogP contribution in [0.3, 0.4) is 0 Å². The normalized spacial score (nSPS) is 11.4. The van der Waals surface area contributed by atoms with Crippen LogP contribution in [0.4, 0.5) is 5.69 Å². The van der Waals surface area contributed by atoms with Crippen LogP contribution in [0, 0.1) is 0 Å². The fourth-order valence-corrected chi connectivity index (χ4v) is 3.94. The van der Waals surface area contributed by atoms with Crippen molar-refractivity contribution in [2.24, 2.45) is 0 Å². The van der Waals surface area contributed by atoms with Gasteiger partial charge in [0.1, 0.15) is 4.90 Å². The van der Waals surface area contributed by atoms with E-state index in [1.807, 2.05) is 6.92 Å². The third-order valence-electron chi connectivity index (χ3n) is 4.21. The van der Waals surface area contributed by atoms with Gasteiger partial charge in [0.05, 0.1) is 18.2 Å². The molecule has 0 unspecified atom stereocenters. The molecule has 7 nitrogen and oxygen atoms in total. The Balaban J connectivity index is 2.26. The van der Waals surface area contributed by atoms with Crippen LogP contribution in [0.15, 0.2) is 41.3 Å². The van der Waals surface area contributed by atoms with E-state index >= 15 is 0 Å². The topological polar surface area (TPSA) is 84.9 Å². The Morgan fingerprint density at radius 3 is 2.43 bits per heavy atom. The monoisotopic (exact) mass is 454 g/mol. The fourth-order valence-electron chi connectivity index (χ4n) is 2.54. The molecule has 0 heterocycles. The van der Waals surface area contributed by atoms with Gasteiger partial charge in [-0.15, -0.1) is 0 Å². The number of halogens is 1. The highest BCUT2D eigenvalue weighted by molar-refractivity contribution is 7.89. The molecule has 1 N–H and O–H groups in total. The first kappa shape index (κ1) is 24.0. The molecule has 0 aliphatic heterocycles. The Labute approximate surface area is 183 Å². The fraction of sp³-hybridized carbons (Fsp3) is 0.381. The van der Waals surface area contributed by atoms with Crippen molar-refractivity contribution < 1.29 is 22.7 Å². The second-order valence-corrected chi connectivity index (χ2v) is 9.21. The zero-order chi connectivity index (χ0) is 22.3. The van der Waals surface area contributed by atoms with Gasteiger partial charge in [-0.05, 0) is 49.7 Å². The van der Waals surface area contributed by atoms with E-state index in [1.165, 1.54) is 26.2 Å². The number of amides is 1. The number of nitrogens with one attached hydrogen (secondary N) is 1. The number of hydrogen-bond acceptors (Lipinski definition) is 5. The quantitative estimate of drug-likeness (QED) is 0.537. The van der Waals surface area contributed by atoms with Gasteiger partial charge in [-0.3, -0.25) is 4.79 Å². The van der Waals surface area contributed by atoms with E-state index in [0.29, 0.717) is 36.0 Å². The van der Waals surface area contributed by atoms with E-state index in [0.717, 1.165) is 17.1 Å². The lowest BCUT2D eigenvalue weighted by Gasteiger charge is -2.15. The molecule has 0 atom stereocenters. The zero-order valence-corrected chi connectivity index (χ0v) is 19.1. The van der Waals surface area contributed by atoms with Gasteiger partial charge in [0, 0.05) is 25.3 Å². The summed E-state index contributed by atoms with van der Waals surface area (Å²) in [5, 5.41) is 2.78. The summed E-state index contributed by atoms with van der Waals surface area (Å²) in [5.41, 5.74) is 0.666. The number of nitrogens with zero attached hydrogens (tertiary/aromatic N) is 1. The molecule has 0 aliphatic rings. The third kappa shape index (κ3) is 5.87. The first-order valence-corrected chi connectivity index (χ1v) is 11.5. The summed E-state index contributed by atoms with van der Waals surface area (Å²) in [7, 11) is -0.922. The Bertz CT molecular complexity index is 993. The van der Waals surface area contributed by atoms with E-state index < -0.39 is 15.9 Å². The first-order valence-electron chi connectivity index (χ1n) is 9.63. The van der Waals surface area contributed by atoms with Gasteiger partial charge in [-0.2, -0.15) is 0 Å². The molecule has 2 aromatic rings. The number of sulfonamides is 1. The lowest BCUT2D eigenvalue weighted by Crippen LogP contribution is -2.23. The van der Waals surface area contributed by atoms with Gasteiger partial charge < -0.3 is 14.8 Å². The number of carbonyl (C=O) groups is 1. The molecule has 164 valence electrons. The second-order valence-electron chi connectivity index (χ2n) is 6.68. The highest BCUT2D eigenvalue weighted by Crippen LogP contribution is 2.30. The highest BCUT2D eigenvalue weighted by atomic mass is 35.5. The summed E-state index contributed by atoms with van der Waals surface area (Å²) in [6, 6.07) is 9.24. The van der Waals surface area contributed by atoms with Gasteiger partial charge in [-0.25, -0.2) is 12.7 Å². The number of benzene rings is 2. The maximum absolute atomic E-state index is 12.7. The summed E-state index contributed by atoms with van der Waals surface area (Å²) >= 11 is 6.05. The largest absolute Gasteiger partial charge is 0.490 e. The Hall–Kier alpha value is -2.29. The predicted molar refractivity (Wildman–Crippen MR) is 118 cm³/mol. The summed E-state index contributed by atoms with van der Waals surface area (Å²) in [6.07, 6.45) is 1.93. The number of rotatable bonds is 10. The molecule has 0 radical (unpaired) electrons. The highest BCUT2D eigenvalue weighted by Gasteiger charge is 2.22. The van der Waals surface area contributed by atoms with E-state index in [4.69, 9.17) is 21.1 Å². The molecule has 0 spiro atoms. The van der Waals surface area contributed by atoms with Crippen LogP contribution < -0.4 is 14.8 Å². The van der Waals surface area contributed by atoms with Crippen molar-refractivity contribution in [2.45, 2.75) is 31.6 Å². The van der Waals surface area contributed by atoms with Gasteiger partial charge in [-0.1, -0.05) is 24.9 Å². The van der Waals surface area contributed by atoms with Gasteiger partial charge in [0.15, 0.2) is 11.5 Å². The van der Waals surface area contributed by atoms with Crippen LogP contribution in [0.5, 0.6) is 11.5 Å². The number of ether oxygens (including phenoxy) is 2. The SMILES string of the molecule is CCCCOc1ccc(C(=O)Nc2ccc(Cl)c(S(=O)(=O)N(C)C)c2)cc1OCC. The van der Waals surface area contributed by atoms with E-state index in [-0.39, 0.29) is 9.92 Å². The van der Waals surface area contributed by atoms with Crippen molar-refractivity contribution in [1.29, 1.82) is 0 Å². The minimum atomic E-state index is -3.75. The minimum Gasteiger partial charge on any atom is -0.490 e. The van der Waals surface area contributed by atoms with Crippen LogP contribution in [-0.2, 0) is 10.0 Å². The van der Waals surface area contributed by atoms with Crippen molar-refractivity contribution in [2.75, 3.05) is 32.6 Å². The van der Waals surface area contributed by atoms with Crippen molar-refractivity contribution >= 4 is 33.2 Å². The maximum Gasteiger partial charge on any atom is 0.255 e. The Kier molecular flexibility index (Phi) is 8.52. The molecule has 2 aromatic carbocycles. The lowest BCUT2D eigenvalue weighted by atomic mass is 10.1. The Morgan fingerprint density at radius 2 is 1.80 bits per heavy atom. The van der Waals surface area contributed by atoms with Crippen LogP contribution in [0.25, 0.3) is 0 Å². The Morgan fingerprint density at radius 1 is 1.07 bits per heavy atom. The summed E-state index contributed by atoms with van der Waals surface area (Å²) < 4.78 is 37.2. The number of unbranched alkanes of at least 4 members (excludes halogenated alkanes) is 1. The number of anilines is 1. The number of hydrogen-bond donors (Lipinski definition) is 1. The molecule has 0 bridgehead atoms. The van der Waals surface area contributed by atoms with Gasteiger partial charge in [0.2, 0.25) is 10.0 Å². The van der Waals surface area contributed by atoms with Crippen LogP contribution in [0.2, 0.25) is 5.02 Å². The molecule has 0 saturated heterocycles. The molecule has 0 aliphatic carbocycles. The lowest BCUT2D eigenvalue weighted by molar-refractivity contribution is 0.102. The zero-order valence-electron chi connectivity index (χ0n) is 17.6. The third-order valence-corrected chi connectivity index (χ3v) is 6.51. The average Bonchev–Trinajstić information content (AvgIpc) is 2.70. The van der Waals surface area contributed by atoms with E-state index in [9.17, 15) is 13.2 Å². The van der Waals surface area contributed by atoms with E-state index in [2.05, 4.69) is 12.2 Å². The van der Waals surface area contributed by atoms with Crippen molar-refractivity contribution in [3.8, 4) is 11.5 Å². The molecule has 0 saturated carbocycles. The van der Waals surface area contributed by atoms with Crippen LogP contribution >= 0.6 is 11.6 Å². The minimum absolute atomic E-state index is 0.0777. The first-order chi connectivity index (χ1) is 14.2. The molecule has 30 heavy (non-hydrogen) atoms. The van der Waals surface area contributed by atoms with Crippen molar-refractivity contribution in [1.82, 2.24) is 4.31 Å². The van der Waals surface area contributed by atoms with E-state index in [1.54, 1.807) is 24.3 Å². The molecule has 0 fully saturated rings. The molecular formula is C21H27ClN2O5S. The smallest absolute Gasteiger partial charge is 0.255 e. The van der Waals surface area contributed by atoms with Crippen molar-refractivity contribution in [3.63, 3.8) is 0 Å². The van der Waals surface area contributed by atoms with Gasteiger partial charge in [0.25, 0.3) is 5.91 Å². The van der Waals surface area contributed by atoms with Crippen molar-refractivity contribution in [3.05, 3.63) is 47.0 Å². The predicted octanol–water partition coefficient (Wildman–Crippen LogP) is 4.42. The molecule has 1 amide bonds. The van der Waals surface area contributed by atoms with Crippen LogP contribution in [0.1, 0.15) is 37.0 Å². The molecular weight excluding hydrogens is 428 g/mol. The maximum atomic E-state index is 12.7. The number of carbonyl (C=O) groups excluding carboxylic acids is 1. The summed E-state index contributed by atoms with van der Waals surface area (Å²) in [5.74, 6) is 0.646.